The number of allylic oxidation sites excluding steroid dienone is 1. The first-order valence-corrected chi connectivity index (χ1v) is 9.73. The van der Waals surface area contributed by atoms with E-state index in [0.717, 1.165) is 24.6 Å². The summed E-state index contributed by atoms with van der Waals surface area (Å²) in [6.45, 7) is 3.90. The molecule has 0 saturated heterocycles. The lowest BCUT2D eigenvalue weighted by atomic mass is 9.97. The molecule has 0 spiro atoms. The molecule has 1 aliphatic carbocycles. The summed E-state index contributed by atoms with van der Waals surface area (Å²) < 4.78 is 16.2. The van der Waals surface area contributed by atoms with Crippen LogP contribution in [-0.4, -0.2) is 31.6 Å². The monoisotopic (exact) mass is 385 g/mol. The number of carbonyl (C=O) groups is 2. The number of hydrogen-bond donors (Lipinski definition) is 1. The van der Waals surface area contributed by atoms with E-state index in [1.807, 2.05) is 0 Å². The number of methoxy groups -OCH3 is 1. The maximum atomic E-state index is 12.5. The second-order valence-electron chi connectivity index (χ2n) is 7.11. The lowest BCUT2D eigenvalue weighted by molar-refractivity contribution is -0.129. The van der Waals surface area contributed by atoms with Gasteiger partial charge >= 0.3 is 5.97 Å². The zero-order chi connectivity index (χ0) is 20.1. The Morgan fingerprint density at radius 1 is 1.29 bits per heavy atom. The van der Waals surface area contributed by atoms with Gasteiger partial charge in [-0.1, -0.05) is 11.6 Å². The highest BCUT2D eigenvalue weighted by atomic mass is 16.6. The Labute approximate surface area is 164 Å². The summed E-state index contributed by atoms with van der Waals surface area (Å²) in [6, 6.07) is 5.31. The summed E-state index contributed by atoms with van der Waals surface area (Å²) in [6.07, 6.45) is 6.91. The molecule has 1 aliphatic rings. The summed E-state index contributed by atoms with van der Waals surface area (Å²) in [5.74, 6) is -0.169. The maximum absolute atomic E-state index is 12.5. The van der Waals surface area contributed by atoms with Gasteiger partial charge in [0.05, 0.1) is 7.11 Å². The molecule has 6 nitrogen and oxygen atoms in total. The maximum Gasteiger partial charge on any atom is 0.375 e. The predicted octanol–water partition coefficient (Wildman–Crippen LogP) is 4.30. The first-order valence-electron chi connectivity index (χ1n) is 9.73. The van der Waals surface area contributed by atoms with Crippen LogP contribution in [0.3, 0.4) is 0 Å². The number of rotatable bonds is 7. The van der Waals surface area contributed by atoms with E-state index in [9.17, 15) is 9.59 Å². The third-order valence-corrected chi connectivity index (χ3v) is 5.11. The minimum absolute atomic E-state index is 0.107. The minimum Gasteiger partial charge on any atom is -0.497 e. The molecule has 0 saturated carbocycles. The van der Waals surface area contributed by atoms with Crippen molar-refractivity contribution in [2.75, 3.05) is 13.7 Å². The van der Waals surface area contributed by atoms with Crippen LogP contribution in [-0.2, 0) is 9.53 Å². The Morgan fingerprint density at radius 2 is 2.11 bits per heavy atom. The summed E-state index contributed by atoms with van der Waals surface area (Å²) in [5, 5.41) is 3.62. The van der Waals surface area contributed by atoms with Crippen molar-refractivity contribution in [2.24, 2.45) is 0 Å². The second-order valence-corrected chi connectivity index (χ2v) is 7.11. The van der Waals surface area contributed by atoms with E-state index in [4.69, 9.17) is 13.9 Å². The molecule has 1 aromatic heterocycles. The molecule has 1 N–H and O–H groups in total. The van der Waals surface area contributed by atoms with Crippen LogP contribution in [0.15, 0.2) is 34.3 Å². The second kappa shape index (κ2) is 8.95. The van der Waals surface area contributed by atoms with Gasteiger partial charge in [0, 0.05) is 17.5 Å². The predicted molar refractivity (Wildman–Crippen MR) is 107 cm³/mol. The molecule has 1 amide bonds. The fourth-order valence-electron chi connectivity index (χ4n) is 3.41. The fraction of sp³-hybridized carbons (Fsp3) is 0.455. The van der Waals surface area contributed by atoms with E-state index in [0.29, 0.717) is 23.4 Å². The van der Waals surface area contributed by atoms with Gasteiger partial charge in [0.15, 0.2) is 6.10 Å². The van der Waals surface area contributed by atoms with Crippen LogP contribution in [0.4, 0.5) is 0 Å². The van der Waals surface area contributed by atoms with Crippen molar-refractivity contribution in [3.8, 4) is 5.75 Å². The van der Waals surface area contributed by atoms with E-state index >= 15 is 0 Å². The molecule has 0 fully saturated rings. The molecular formula is C22H27NO5. The highest BCUT2D eigenvalue weighted by Crippen LogP contribution is 2.29. The molecule has 28 heavy (non-hydrogen) atoms. The van der Waals surface area contributed by atoms with Crippen molar-refractivity contribution >= 4 is 22.8 Å². The van der Waals surface area contributed by atoms with Crippen LogP contribution in [0, 0.1) is 6.92 Å². The summed E-state index contributed by atoms with van der Waals surface area (Å²) >= 11 is 0. The SMILES string of the molecule is COc1ccc2oc(C(=O)O[C@@H](C)C(=O)NCCC3=CCCCC3)c(C)c2c1. The van der Waals surface area contributed by atoms with E-state index in [1.54, 1.807) is 39.2 Å². The van der Waals surface area contributed by atoms with Crippen molar-refractivity contribution < 1.29 is 23.5 Å². The van der Waals surface area contributed by atoms with Crippen molar-refractivity contribution in [2.45, 2.75) is 52.1 Å². The van der Waals surface area contributed by atoms with E-state index < -0.39 is 12.1 Å². The molecule has 6 heteroatoms. The number of amides is 1. The van der Waals surface area contributed by atoms with Crippen LogP contribution < -0.4 is 10.1 Å². The lowest BCUT2D eigenvalue weighted by Gasteiger charge is -2.15. The first kappa shape index (κ1) is 20.0. The molecule has 150 valence electrons. The number of ether oxygens (including phenoxy) is 2. The third kappa shape index (κ3) is 4.55. The van der Waals surface area contributed by atoms with Crippen LogP contribution >= 0.6 is 0 Å². The topological polar surface area (TPSA) is 77.8 Å². The molecule has 1 aromatic carbocycles. The van der Waals surface area contributed by atoms with Gasteiger partial charge in [-0.05, 0) is 64.2 Å². The van der Waals surface area contributed by atoms with Gasteiger partial charge in [-0.25, -0.2) is 4.79 Å². The van der Waals surface area contributed by atoms with Crippen molar-refractivity contribution in [1.29, 1.82) is 0 Å². The van der Waals surface area contributed by atoms with Gasteiger partial charge in [0.25, 0.3) is 5.91 Å². The first-order chi connectivity index (χ1) is 13.5. The molecule has 3 rings (SSSR count). The number of carbonyl (C=O) groups excluding carboxylic acids is 2. The largest absolute Gasteiger partial charge is 0.497 e. The number of fused-ring (bicyclic) bond motifs is 1. The minimum atomic E-state index is -0.894. The van der Waals surface area contributed by atoms with E-state index in [2.05, 4.69) is 11.4 Å². The van der Waals surface area contributed by atoms with Crippen molar-refractivity contribution in [3.05, 3.63) is 41.2 Å². The highest BCUT2D eigenvalue weighted by molar-refractivity contribution is 5.97. The summed E-state index contributed by atoms with van der Waals surface area (Å²) in [4.78, 5) is 24.7. The van der Waals surface area contributed by atoms with Crippen LogP contribution in [0.2, 0.25) is 0 Å². The Morgan fingerprint density at radius 3 is 2.82 bits per heavy atom. The molecular weight excluding hydrogens is 358 g/mol. The number of furan rings is 1. The molecule has 2 aromatic rings. The molecule has 0 unspecified atom stereocenters. The van der Waals surface area contributed by atoms with Gasteiger partial charge in [-0.15, -0.1) is 0 Å². The quantitative estimate of drug-likeness (QED) is 0.568. The Kier molecular flexibility index (Phi) is 6.39. The number of esters is 1. The van der Waals surface area contributed by atoms with Gasteiger partial charge < -0.3 is 19.2 Å². The Balaban J connectivity index is 1.57. The molecule has 0 aliphatic heterocycles. The standard InChI is InChI=1S/C22H27NO5/c1-14-18-13-17(26-3)9-10-19(18)28-20(14)22(25)27-15(2)21(24)23-12-11-16-7-5-4-6-8-16/h7,9-10,13,15H,4-6,8,11-12H2,1-3H3,(H,23,24)/t15-/m0/s1. The average molecular weight is 385 g/mol. The lowest BCUT2D eigenvalue weighted by Crippen LogP contribution is -2.36. The van der Waals surface area contributed by atoms with Crippen LogP contribution in [0.25, 0.3) is 11.0 Å². The zero-order valence-corrected chi connectivity index (χ0v) is 16.7. The zero-order valence-electron chi connectivity index (χ0n) is 16.7. The third-order valence-electron chi connectivity index (χ3n) is 5.11. The Bertz CT molecular complexity index is 896. The number of benzene rings is 1. The molecule has 1 atom stereocenters. The molecule has 1 heterocycles. The van der Waals surface area contributed by atoms with E-state index in [-0.39, 0.29) is 11.7 Å². The van der Waals surface area contributed by atoms with Gasteiger partial charge in [0.2, 0.25) is 5.76 Å². The average Bonchev–Trinajstić information content (AvgIpc) is 3.04. The van der Waals surface area contributed by atoms with Gasteiger partial charge in [-0.2, -0.15) is 0 Å². The summed E-state index contributed by atoms with van der Waals surface area (Å²) in [7, 11) is 1.58. The number of aryl methyl sites for hydroxylation is 1. The molecule has 0 bridgehead atoms. The van der Waals surface area contributed by atoms with Crippen molar-refractivity contribution in [1.82, 2.24) is 5.32 Å². The van der Waals surface area contributed by atoms with Crippen LogP contribution in [0.5, 0.6) is 5.75 Å². The van der Waals surface area contributed by atoms with E-state index in [1.165, 1.54) is 18.4 Å². The molecule has 0 radical (unpaired) electrons. The Hall–Kier alpha value is -2.76. The van der Waals surface area contributed by atoms with Gasteiger partial charge in [0.1, 0.15) is 11.3 Å². The summed E-state index contributed by atoms with van der Waals surface area (Å²) in [5.41, 5.74) is 2.63. The number of hydrogen-bond acceptors (Lipinski definition) is 5. The van der Waals surface area contributed by atoms with Crippen molar-refractivity contribution in [3.63, 3.8) is 0 Å². The van der Waals surface area contributed by atoms with Gasteiger partial charge in [-0.3, -0.25) is 4.79 Å². The number of nitrogens with one attached hydrogen (secondary N) is 1. The van der Waals surface area contributed by atoms with Crippen LogP contribution in [0.1, 0.15) is 55.1 Å². The normalized spacial score (nSPS) is 15.0. The fourth-order valence-corrected chi connectivity index (χ4v) is 3.41. The smallest absolute Gasteiger partial charge is 0.375 e. The highest BCUT2D eigenvalue weighted by Gasteiger charge is 2.24.